The van der Waals surface area contributed by atoms with Crippen molar-refractivity contribution in [2.75, 3.05) is 13.2 Å². The van der Waals surface area contributed by atoms with Crippen molar-refractivity contribution in [2.24, 2.45) is 0 Å². The third-order valence-corrected chi connectivity index (χ3v) is 15.1. The number of aliphatic hydroxyl groups is 2. The first kappa shape index (κ1) is 71.1. The summed E-state index contributed by atoms with van der Waals surface area (Å²) in [6.45, 7) is 4.90. The number of allylic oxidation sites excluding steroid dienone is 5. The number of nitrogens with one attached hydrogen (secondary N) is 1. The van der Waals surface area contributed by atoms with Crippen molar-refractivity contribution in [3.8, 4) is 0 Å². The zero-order chi connectivity index (χ0) is 52.9. The van der Waals surface area contributed by atoms with Crippen LogP contribution in [-0.4, -0.2) is 47.4 Å². The summed E-state index contributed by atoms with van der Waals surface area (Å²) < 4.78 is 5.50. The molecule has 73 heavy (non-hydrogen) atoms. The number of amides is 1. The van der Waals surface area contributed by atoms with Crippen molar-refractivity contribution >= 4 is 11.9 Å². The maximum absolute atomic E-state index is 12.4. The summed E-state index contributed by atoms with van der Waals surface area (Å²) >= 11 is 0. The molecule has 0 aromatic carbocycles. The van der Waals surface area contributed by atoms with Crippen molar-refractivity contribution in [1.29, 1.82) is 0 Å². The van der Waals surface area contributed by atoms with Gasteiger partial charge in [-0.3, -0.25) is 9.59 Å². The Labute approximate surface area is 455 Å². The molecule has 0 saturated carbocycles. The molecule has 0 heterocycles. The Morgan fingerprint density at radius 3 is 0.973 bits per heavy atom. The van der Waals surface area contributed by atoms with E-state index in [0.717, 1.165) is 44.9 Å². The van der Waals surface area contributed by atoms with Crippen molar-refractivity contribution in [1.82, 2.24) is 5.32 Å². The Kier molecular flexibility index (Phi) is 61.0. The van der Waals surface area contributed by atoms with Crippen molar-refractivity contribution in [3.05, 3.63) is 36.5 Å². The summed E-state index contributed by atoms with van der Waals surface area (Å²) in [5.74, 6) is -0.0568. The first-order valence-corrected chi connectivity index (χ1v) is 32.8. The molecule has 6 heteroatoms. The molecule has 0 rings (SSSR count). The van der Waals surface area contributed by atoms with Crippen LogP contribution in [0.15, 0.2) is 36.5 Å². The molecule has 0 saturated heterocycles. The number of hydrogen-bond acceptors (Lipinski definition) is 5. The summed E-state index contributed by atoms with van der Waals surface area (Å²) in [7, 11) is 0. The Morgan fingerprint density at radius 2 is 0.644 bits per heavy atom. The van der Waals surface area contributed by atoms with E-state index in [0.29, 0.717) is 19.4 Å². The lowest BCUT2D eigenvalue weighted by molar-refractivity contribution is -0.143. The number of esters is 1. The minimum Gasteiger partial charge on any atom is -0.466 e. The first-order valence-electron chi connectivity index (χ1n) is 32.8. The molecule has 0 aliphatic carbocycles. The molecule has 0 aromatic heterocycles. The van der Waals surface area contributed by atoms with Gasteiger partial charge < -0.3 is 20.3 Å². The predicted octanol–water partition coefficient (Wildman–Crippen LogP) is 20.8. The van der Waals surface area contributed by atoms with Gasteiger partial charge in [0.1, 0.15) is 0 Å². The minimum atomic E-state index is -0.844. The molecule has 3 N–H and O–H groups in total. The molecular formula is C67H127NO5. The van der Waals surface area contributed by atoms with Crippen LogP contribution in [0.1, 0.15) is 354 Å². The summed E-state index contributed by atoms with van der Waals surface area (Å²) in [6.07, 6.45) is 79.2. The van der Waals surface area contributed by atoms with Crippen molar-refractivity contribution in [2.45, 2.75) is 366 Å². The molecule has 6 nitrogen and oxygen atoms in total. The number of rotatable bonds is 61. The standard InChI is InChI=1S/C67H127NO5/c1-3-5-7-9-11-13-15-16-17-18-27-31-34-37-41-45-49-53-57-61-67(72)73-62-58-54-50-46-42-38-35-32-29-26-24-22-20-19-21-23-25-28-30-33-36-40-44-48-52-56-60-66(71)68-64(63-69)65(70)59-55-51-47-43-39-14-12-10-8-6-4-2/h16-17,19,21,55,59,64-65,69-70H,3-15,18,20,22-54,56-58,60-63H2,1-2H3,(H,68,71)/b17-16-,21-19-,59-55+. The maximum atomic E-state index is 12.4. The van der Waals surface area contributed by atoms with E-state index in [9.17, 15) is 19.8 Å². The lowest BCUT2D eigenvalue weighted by Crippen LogP contribution is -2.45. The van der Waals surface area contributed by atoms with E-state index < -0.39 is 12.1 Å². The Balaban J connectivity index is 3.37. The van der Waals surface area contributed by atoms with Gasteiger partial charge in [0, 0.05) is 12.8 Å². The van der Waals surface area contributed by atoms with Gasteiger partial charge in [0.25, 0.3) is 0 Å². The molecule has 0 spiro atoms. The lowest BCUT2D eigenvalue weighted by atomic mass is 10.0. The molecule has 430 valence electrons. The highest BCUT2D eigenvalue weighted by Crippen LogP contribution is 2.17. The number of unbranched alkanes of at least 4 members (excludes halogenated alkanes) is 46. The second-order valence-corrected chi connectivity index (χ2v) is 22.4. The molecule has 2 unspecified atom stereocenters. The van der Waals surface area contributed by atoms with Crippen LogP contribution >= 0.6 is 0 Å². The zero-order valence-electron chi connectivity index (χ0n) is 49.1. The molecule has 0 radical (unpaired) electrons. The average Bonchev–Trinajstić information content (AvgIpc) is 3.39. The fraction of sp³-hybridized carbons (Fsp3) is 0.881. The molecule has 0 aromatic rings. The van der Waals surface area contributed by atoms with E-state index in [1.54, 1.807) is 6.08 Å². The predicted molar refractivity (Wildman–Crippen MR) is 319 cm³/mol. The van der Waals surface area contributed by atoms with Gasteiger partial charge in [0.2, 0.25) is 5.91 Å². The highest BCUT2D eigenvalue weighted by molar-refractivity contribution is 5.76. The van der Waals surface area contributed by atoms with E-state index in [1.807, 2.05) is 6.08 Å². The zero-order valence-corrected chi connectivity index (χ0v) is 49.1. The third-order valence-electron chi connectivity index (χ3n) is 15.1. The van der Waals surface area contributed by atoms with Crippen molar-refractivity contribution in [3.63, 3.8) is 0 Å². The monoisotopic (exact) mass is 1030 g/mol. The number of carbonyl (C=O) groups excluding carboxylic acids is 2. The maximum Gasteiger partial charge on any atom is 0.305 e. The average molecular weight is 1030 g/mol. The summed E-state index contributed by atoms with van der Waals surface area (Å²) in [5, 5.41) is 23.0. The first-order chi connectivity index (χ1) is 36.0. The molecule has 1 amide bonds. The topological polar surface area (TPSA) is 95.9 Å². The smallest absolute Gasteiger partial charge is 0.305 e. The Morgan fingerprint density at radius 1 is 0.370 bits per heavy atom. The quantitative estimate of drug-likeness (QED) is 0.0320. The van der Waals surface area contributed by atoms with E-state index in [-0.39, 0.29) is 18.5 Å². The Bertz CT molecular complexity index is 1180. The van der Waals surface area contributed by atoms with Gasteiger partial charge in [-0.1, -0.05) is 294 Å². The van der Waals surface area contributed by atoms with E-state index in [1.165, 1.54) is 283 Å². The third kappa shape index (κ3) is 59.2. The molecule has 0 aliphatic heterocycles. The van der Waals surface area contributed by atoms with Crippen LogP contribution in [0.2, 0.25) is 0 Å². The van der Waals surface area contributed by atoms with E-state index in [4.69, 9.17) is 4.74 Å². The molecule has 0 bridgehead atoms. The van der Waals surface area contributed by atoms with Crippen LogP contribution in [0.4, 0.5) is 0 Å². The van der Waals surface area contributed by atoms with Gasteiger partial charge in [-0.25, -0.2) is 0 Å². The SMILES string of the molecule is CCCCCCCC/C=C\CCCCCCCCCCCC(=O)OCCCCCCCCCCCCCC/C=C\CCCCCCCCCCCCC(=O)NC(CO)C(O)/C=C/CCCCCCCCCCC. The summed E-state index contributed by atoms with van der Waals surface area (Å²) in [6, 6.07) is -0.628. The van der Waals surface area contributed by atoms with Crippen LogP contribution < -0.4 is 5.32 Å². The van der Waals surface area contributed by atoms with Gasteiger partial charge in [-0.15, -0.1) is 0 Å². The largest absolute Gasteiger partial charge is 0.466 e. The number of hydrogen-bond donors (Lipinski definition) is 3. The van der Waals surface area contributed by atoms with Gasteiger partial charge in [-0.2, -0.15) is 0 Å². The van der Waals surface area contributed by atoms with Crippen LogP contribution in [0.25, 0.3) is 0 Å². The number of ether oxygens (including phenoxy) is 1. The lowest BCUT2D eigenvalue weighted by Gasteiger charge is -2.20. The minimum absolute atomic E-state index is 0.0136. The second kappa shape index (κ2) is 62.6. The Hall–Kier alpha value is -1.92. The molecule has 0 fully saturated rings. The highest BCUT2D eigenvalue weighted by atomic mass is 16.5. The summed E-state index contributed by atoms with van der Waals surface area (Å²) in [4.78, 5) is 24.5. The van der Waals surface area contributed by atoms with Crippen LogP contribution in [0.3, 0.4) is 0 Å². The van der Waals surface area contributed by atoms with Crippen LogP contribution in [0, 0.1) is 0 Å². The fourth-order valence-corrected chi connectivity index (χ4v) is 10.1. The van der Waals surface area contributed by atoms with Gasteiger partial charge in [0.05, 0.1) is 25.4 Å². The highest BCUT2D eigenvalue weighted by Gasteiger charge is 2.18. The van der Waals surface area contributed by atoms with Crippen LogP contribution in [-0.2, 0) is 14.3 Å². The second-order valence-electron chi connectivity index (χ2n) is 22.4. The number of carbonyl (C=O) groups is 2. The summed E-state index contributed by atoms with van der Waals surface area (Å²) in [5.41, 5.74) is 0. The molecule has 2 atom stereocenters. The van der Waals surface area contributed by atoms with E-state index in [2.05, 4.69) is 43.5 Å². The van der Waals surface area contributed by atoms with Crippen LogP contribution in [0.5, 0.6) is 0 Å². The van der Waals surface area contributed by atoms with Gasteiger partial charge >= 0.3 is 5.97 Å². The van der Waals surface area contributed by atoms with Gasteiger partial charge in [0.15, 0.2) is 0 Å². The molecule has 0 aliphatic rings. The van der Waals surface area contributed by atoms with E-state index >= 15 is 0 Å². The molecular weight excluding hydrogens is 899 g/mol. The van der Waals surface area contributed by atoms with Crippen molar-refractivity contribution < 1.29 is 24.5 Å². The normalized spacial score (nSPS) is 12.8. The number of aliphatic hydroxyl groups excluding tert-OH is 2. The fourth-order valence-electron chi connectivity index (χ4n) is 10.1. The van der Waals surface area contributed by atoms with Gasteiger partial charge in [-0.05, 0) is 83.5 Å².